The number of guanidine groups is 1. The number of halogens is 1. The van der Waals surface area contributed by atoms with E-state index in [0.29, 0.717) is 19.1 Å². The van der Waals surface area contributed by atoms with Crippen molar-refractivity contribution in [2.45, 2.75) is 32.6 Å². The monoisotopic (exact) mass is 452 g/mol. The van der Waals surface area contributed by atoms with E-state index in [0.717, 1.165) is 38.4 Å². The first-order valence-corrected chi connectivity index (χ1v) is 8.94. The number of carbonyl (C=O) groups is 1. The van der Waals surface area contributed by atoms with Gasteiger partial charge in [0, 0.05) is 33.2 Å². The minimum atomic E-state index is -0.0680. The minimum absolute atomic E-state index is 0. The van der Waals surface area contributed by atoms with Crippen molar-refractivity contribution in [3.8, 4) is 0 Å². The Morgan fingerprint density at radius 2 is 2.00 bits per heavy atom. The van der Waals surface area contributed by atoms with Gasteiger partial charge in [0.1, 0.15) is 0 Å². The molecule has 2 saturated heterocycles. The number of hydrogen-bond donors (Lipinski definition) is 1. The summed E-state index contributed by atoms with van der Waals surface area (Å²) < 4.78 is 5.18. The Morgan fingerprint density at radius 1 is 1.25 bits per heavy atom. The first kappa shape index (κ1) is 21.5. The number of nitrogens with one attached hydrogen (secondary N) is 1. The molecule has 0 aromatic carbocycles. The summed E-state index contributed by atoms with van der Waals surface area (Å²) in [5.41, 5.74) is 0. The molecule has 0 amide bonds. The maximum atomic E-state index is 12.0. The highest BCUT2D eigenvalue weighted by Crippen LogP contribution is 2.18. The first-order valence-electron chi connectivity index (χ1n) is 8.94. The molecule has 0 radical (unpaired) electrons. The molecule has 2 atom stereocenters. The van der Waals surface area contributed by atoms with Gasteiger partial charge in [-0.25, -0.2) is 0 Å². The zero-order valence-corrected chi connectivity index (χ0v) is 17.6. The molecule has 2 rings (SSSR count). The van der Waals surface area contributed by atoms with Crippen molar-refractivity contribution in [3.05, 3.63) is 0 Å². The average molecular weight is 452 g/mol. The van der Waals surface area contributed by atoms with Gasteiger partial charge >= 0.3 is 5.97 Å². The van der Waals surface area contributed by atoms with Crippen LogP contribution in [0, 0.1) is 11.8 Å². The lowest BCUT2D eigenvalue weighted by Gasteiger charge is -2.35. The molecule has 2 fully saturated rings. The summed E-state index contributed by atoms with van der Waals surface area (Å²) in [7, 11) is 4.01. The van der Waals surface area contributed by atoms with Crippen molar-refractivity contribution in [2.24, 2.45) is 16.8 Å². The van der Waals surface area contributed by atoms with Crippen LogP contribution in [-0.2, 0) is 9.53 Å². The van der Waals surface area contributed by atoms with Gasteiger partial charge in [-0.3, -0.25) is 9.79 Å². The lowest BCUT2D eigenvalue weighted by molar-refractivity contribution is -0.149. The van der Waals surface area contributed by atoms with E-state index in [2.05, 4.69) is 27.2 Å². The normalized spacial score (nSPS) is 25.8. The molecule has 140 valence electrons. The SMILES string of the molecule is CCOC(=O)C1CCCN(C(=NC)NCC2CCCN(C)C2)C1.I. The fraction of sp³-hybridized carbons (Fsp3) is 0.882. The molecule has 0 aromatic heterocycles. The Hall–Kier alpha value is -0.570. The molecule has 2 unspecified atom stereocenters. The molecule has 2 aliphatic heterocycles. The molecule has 24 heavy (non-hydrogen) atoms. The van der Waals surface area contributed by atoms with E-state index in [-0.39, 0.29) is 35.9 Å². The zero-order valence-electron chi connectivity index (χ0n) is 15.3. The number of rotatable bonds is 4. The molecule has 6 nitrogen and oxygen atoms in total. The molecule has 1 N–H and O–H groups in total. The van der Waals surface area contributed by atoms with Gasteiger partial charge in [-0.2, -0.15) is 0 Å². The number of carbonyl (C=O) groups excluding carboxylic acids is 1. The summed E-state index contributed by atoms with van der Waals surface area (Å²) in [6.45, 7) is 7.30. The number of piperidine rings is 2. The van der Waals surface area contributed by atoms with Crippen molar-refractivity contribution >= 4 is 35.9 Å². The van der Waals surface area contributed by atoms with E-state index in [4.69, 9.17) is 4.74 Å². The van der Waals surface area contributed by atoms with Crippen molar-refractivity contribution < 1.29 is 9.53 Å². The number of likely N-dealkylation sites (tertiary alicyclic amines) is 2. The molecule has 0 spiro atoms. The van der Waals surface area contributed by atoms with Crippen molar-refractivity contribution in [3.63, 3.8) is 0 Å². The maximum Gasteiger partial charge on any atom is 0.310 e. The van der Waals surface area contributed by atoms with E-state index >= 15 is 0 Å². The number of aliphatic imine (C=N–C) groups is 1. The Labute approximate surface area is 163 Å². The van der Waals surface area contributed by atoms with E-state index in [9.17, 15) is 4.79 Å². The largest absolute Gasteiger partial charge is 0.466 e. The van der Waals surface area contributed by atoms with Crippen LogP contribution < -0.4 is 5.32 Å². The lowest BCUT2D eigenvalue weighted by Crippen LogP contribution is -2.50. The number of esters is 1. The van der Waals surface area contributed by atoms with Gasteiger partial charge < -0.3 is 19.9 Å². The summed E-state index contributed by atoms with van der Waals surface area (Å²) in [6, 6.07) is 0. The highest BCUT2D eigenvalue weighted by molar-refractivity contribution is 14.0. The van der Waals surface area contributed by atoms with Crippen molar-refractivity contribution in [1.29, 1.82) is 0 Å². The van der Waals surface area contributed by atoms with Crippen LogP contribution in [0.3, 0.4) is 0 Å². The van der Waals surface area contributed by atoms with E-state index in [1.807, 2.05) is 14.0 Å². The molecule has 7 heteroatoms. The van der Waals surface area contributed by atoms with Crippen molar-refractivity contribution in [2.75, 3.05) is 53.4 Å². The summed E-state index contributed by atoms with van der Waals surface area (Å²) in [5, 5.41) is 3.52. The fourth-order valence-corrected chi connectivity index (χ4v) is 3.63. The third-order valence-electron chi connectivity index (χ3n) is 4.82. The third-order valence-corrected chi connectivity index (χ3v) is 4.82. The summed E-state index contributed by atoms with van der Waals surface area (Å²) in [5.74, 6) is 1.51. The van der Waals surface area contributed by atoms with Crippen LogP contribution in [0.25, 0.3) is 0 Å². The second kappa shape index (κ2) is 11.1. The quantitative estimate of drug-likeness (QED) is 0.305. The first-order chi connectivity index (χ1) is 11.1. The molecule has 0 aliphatic carbocycles. The summed E-state index contributed by atoms with van der Waals surface area (Å²) in [4.78, 5) is 21.0. The van der Waals surface area contributed by atoms with Gasteiger partial charge in [0.05, 0.1) is 12.5 Å². The van der Waals surface area contributed by atoms with Crippen molar-refractivity contribution in [1.82, 2.24) is 15.1 Å². The fourth-order valence-electron chi connectivity index (χ4n) is 3.63. The van der Waals surface area contributed by atoms with Crippen LogP contribution in [0.5, 0.6) is 0 Å². The maximum absolute atomic E-state index is 12.0. The van der Waals surface area contributed by atoms with Gasteiger partial charge in [-0.05, 0) is 52.1 Å². The topological polar surface area (TPSA) is 57.2 Å². The molecular formula is C17H33IN4O2. The van der Waals surface area contributed by atoms with Gasteiger partial charge in [0.2, 0.25) is 0 Å². The second-order valence-electron chi connectivity index (χ2n) is 6.74. The molecule has 0 bridgehead atoms. The van der Waals surface area contributed by atoms with Gasteiger partial charge in [0.15, 0.2) is 5.96 Å². The number of nitrogens with zero attached hydrogens (tertiary/aromatic N) is 3. The second-order valence-corrected chi connectivity index (χ2v) is 6.74. The van der Waals surface area contributed by atoms with Crippen LogP contribution in [0.15, 0.2) is 4.99 Å². The Bertz CT molecular complexity index is 419. The Balaban J connectivity index is 0.00000288. The van der Waals surface area contributed by atoms with Crippen LogP contribution in [0.2, 0.25) is 0 Å². The van der Waals surface area contributed by atoms with E-state index in [1.54, 1.807) is 0 Å². The molecule has 2 aliphatic rings. The third kappa shape index (κ3) is 6.38. The van der Waals surface area contributed by atoms with Gasteiger partial charge in [0.25, 0.3) is 0 Å². The lowest BCUT2D eigenvalue weighted by atomic mass is 9.98. The van der Waals surface area contributed by atoms with Crippen LogP contribution >= 0.6 is 24.0 Å². The molecular weight excluding hydrogens is 419 g/mol. The van der Waals surface area contributed by atoms with Crippen LogP contribution in [-0.4, -0.2) is 75.2 Å². The molecule has 0 aromatic rings. The standard InChI is InChI=1S/C17H32N4O2.HI/c1-4-23-16(22)15-8-6-10-21(13-15)17(18-2)19-11-14-7-5-9-20(3)12-14;/h14-15H,4-13H2,1-3H3,(H,18,19);1H. The van der Waals surface area contributed by atoms with Gasteiger partial charge in [-0.1, -0.05) is 0 Å². The smallest absolute Gasteiger partial charge is 0.310 e. The van der Waals surface area contributed by atoms with Crippen LogP contribution in [0.1, 0.15) is 32.6 Å². The summed E-state index contributed by atoms with van der Waals surface area (Å²) in [6.07, 6.45) is 4.48. The number of ether oxygens (including phenoxy) is 1. The average Bonchev–Trinajstić information content (AvgIpc) is 2.56. The highest BCUT2D eigenvalue weighted by Gasteiger charge is 2.28. The minimum Gasteiger partial charge on any atom is -0.466 e. The molecule has 2 heterocycles. The number of hydrogen-bond acceptors (Lipinski definition) is 4. The highest BCUT2D eigenvalue weighted by atomic mass is 127. The Kier molecular flexibility index (Phi) is 9.95. The zero-order chi connectivity index (χ0) is 16.7. The predicted molar refractivity (Wildman–Crippen MR) is 108 cm³/mol. The van der Waals surface area contributed by atoms with E-state index < -0.39 is 0 Å². The predicted octanol–water partition coefficient (Wildman–Crippen LogP) is 1.80. The molecule has 0 saturated carbocycles. The van der Waals surface area contributed by atoms with Gasteiger partial charge in [-0.15, -0.1) is 24.0 Å². The Morgan fingerprint density at radius 3 is 2.67 bits per heavy atom. The van der Waals surface area contributed by atoms with Crippen LogP contribution in [0.4, 0.5) is 0 Å². The van der Waals surface area contributed by atoms with E-state index in [1.165, 1.54) is 19.4 Å². The summed E-state index contributed by atoms with van der Waals surface area (Å²) >= 11 is 0.